The smallest absolute Gasteiger partial charge is 0.276 e. The lowest BCUT2D eigenvalue weighted by Gasteiger charge is -2.22. The van der Waals surface area contributed by atoms with E-state index in [0.29, 0.717) is 11.7 Å². The molecule has 6 heteroatoms. The average molecular weight is 357 g/mol. The normalized spacial score (nSPS) is 17.0. The summed E-state index contributed by atoms with van der Waals surface area (Å²) in [4.78, 5) is 12.6. The van der Waals surface area contributed by atoms with E-state index in [1.165, 1.54) is 0 Å². The number of aromatic nitrogens is 2. The van der Waals surface area contributed by atoms with Crippen LogP contribution in [0, 0.1) is 0 Å². The Kier molecular flexibility index (Phi) is 5.36. The van der Waals surface area contributed by atoms with Crippen molar-refractivity contribution in [3.05, 3.63) is 60.4 Å². The van der Waals surface area contributed by atoms with Gasteiger partial charge in [-0.15, -0.1) is 12.4 Å². The van der Waals surface area contributed by atoms with Gasteiger partial charge in [-0.3, -0.25) is 9.48 Å². The van der Waals surface area contributed by atoms with E-state index in [9.17, 15) is 4.79 Å². The second-order valence-electron chi connectivity index (χ2n) is 6.16. The number of hydrogen-bond acceptors (Lipinski definition) is 3. The van der Waals surface area contributed by atoms with Crippen LogP contribution < -0.4 is 10.6 Å². The van der Waals surface area contributed by atoms with Crippen molar-refractivity contribution in [2.45, 2.75) is 18.9 Å². The number of carbonyl (C=O) groups is 1. The number of rotatable bonds is 3. The molecule has 0 bridgehead atoms. The first kappa shape index (κ1) is 17.5. The third-order valence-electron chi connectivity index (χ3n) is 4.52. The number of carbonyl (C=O) groups excluding carboxylic acids is 1. The summed E-state index contributed by atoms with van der Waals surface area (Å²) in [6, 6.07) is 16.0. The van der Waals surface area contributed by atoms with Crippen LogP contribution in [0.5, 0.6) is 0 Å². The first-order valence-electron chi connectivity index (χ1n) is 8.36. The van der Waals surface area contributed by atoms with E-state index in [2.05, 4.69) is 15.7 Å². The fraction of sp³-hybridized carbons (Fsp3) is 0.263. The Morgan fingerprint density at radius 1 is 1.16 bits per heavy atom. The molecule has 4 rings (SSSR count). The quantitative estimate of drug-likeness (QED) is 0.753. The van der Waals surface area contributed by atoms with Crippen LogP contribution in [0.25, 0.3) is 10.8 Å². The lowest BCUT2D eigenvalue weighted by Crippen LogP contribution is -2.32. The molecule has 1 unspecified atom stereocenters. The van der Waals surface area contributed by atoms with Crippen LogP contribution in [0.15, 0.2) is 54.7 Å². The fourth-order valence-electron chi connectivity index (χ4n) is 3.24. The third kappa shape index (κ3) is 3.67. The molecule has 0 saturated carbocycles. The standard InChI is InChI=1S/C19H20N4O.ClH/c24-19(18-10-12-23(22-18)15-7-4-11-20-13-15)21-17-9-3-6-14-5-1-2-8-16(14)17;/h1-3,5-6,8-10,12,15,20H,4,7,11,13H2,(H,21,24);1H. The second kappa shape index (κ2) is 7.68. The predicted molar refractivity (Wildman–Crippen MR) is 103 cm³/mol. The Bertz CT molecular complexity index is 865. The summed E-state index contributed by atoms with van der Waals surface area (Å²) in [5.41, 5.74) is 1.26. The first-order chi connectivity index (χ1) is 11.8. The summed E-state index contributed by atoms with van der Waals surface area (Å²) >= 11 is 0. The topological polar surface area (TPSA) is 59.0 Å². The largest absolute Gasteiger partial charge is 0.320 e. The molecule has 2 N–H and O–H groups in total. The van der Waals surface area contributed by atoms with Crippen molar-refractivity contribution < 1.29 is 4.79 Å². The monoisotopic (exact) mass is 356 g/mol. The Labute approximate surface area is 152 Å². The molecule has 2 aromatic carbocycles. The van der Waals surface area contributed by atoms with E-state index in [4.69, 9.17) is 0 Å². The lowest BCUT2D eigenvalue weighted by atomic mass is 10.1. The molecule has 1 fully saturated rings. The van der Waals surface area contributed by atoms with E-state index in [1.54, 1.807) is 6.07 Å². The Hall–Kier alpha value is -2.37. The highest BCUT2D eigenvalue weighted by Crippen LogP contribution is 2.23. The summed E-state index contributed by atoms with van der Waals surface area (Å²) in [5, 5.41) is 13.0. The SMILES string of the molecule is Cl.O=C(Nc1cccc2ccccc12)c1ccn(C2CCCNC2)n1. The van der Waals surface area contributed by atoms with E-state index in [-0.39, 0.29) is 18.3 Å². The zero-order chi connectivity index (χ0) is 16.4. The maximum Gasteiger partial charge on any atom is 0.276 e. The van der Waals surface area contributed by atoms with Gasteiger partial charge in [-0.05, 0) is 36.9 Å². The van der Waals surface area contributed by atoms with Gasteiger partial charge in [0.05, 0.1) is 6.04 Å². The molecule has 5 nitrogen and oxygen atoms in total. The Morgan fingerprint density at radius 3 is 2.84 bits per heavy atom. The number of fused-ring (bicyclic) bond motifs is 1. The maximum atomic E-state index is 12.6. The molecule has 1 aromatic heterocycles. The number of benzene rings is 2. The van der Waals surface area contributed by atoms with Crippen molar-refractivity contribution in [3.63, 3.8) is 0 Å². The van der Waals surface area contributed by atoms with Crippen molar-refractivity contribution in [1.29, 1.82) is 0 Å². The molecular weight excluding hydrogens is 336 g/mol. The summed E-state index contributed by atoms with van der Waals surface area (Å²) < 4.78 is 1.91. The van der Waals surface area contributed by atoms with Crippen LogP contribution in [-0.4, -0.2) is 28.8 Å². The molecule has 2 heterocycles. The van der Waals surface area contributed by atoms with Crippen LogP contribution in [0.3, 0.4) is 0 Å². The van der Waals surface area contributed by atoms with Gasteiger partial charge in [0.2, 0.25) is 0 Å². The van der Waals surface area contributed by atoms with E-state index < -0.39 is 0 Å². The van der Waals surface area contributed by atoms with Gasteiger partial charge < -0.3 is 10.6 Å². The van der Waals surface area contributed by atoms with Gasteiger partial charge in [0.15, 0.2) is 5.69 Å². The molecular formula is C19H21ClN4O. The van der Waals surface area contributed by atoms with Gasteiger partial charge >= 0.3 is 0 Å². The second-order valence-corrected chi connectivity index (χ2v) is 6.16. The molecule has 3 aromatic rings. The fourth-order valence-corrected chi connectivity index (χ4v) is 3.24. The summed E-state index contributed by atoms with van der Waals surface area (Å²) in [6.45, 7) is 1.97. The molecule has 130 valence electrons. The van der Waals surface area contributed by atoms with Gasteiger partial charge in [-0.2, -0.15) is 5.10 Å². The van der Waals surface area contributed by atoms with E-state index >= 15 is 0 Å². The molecule has 25 heavy (non-hydrogen) atoms. The van der Waals surface area contributed by atoms with E-state index in [0.717, 1.165) is 42.4 Å². The van der Waals surface area contributed by atoms with Gasteiger partial charge in [0.25, 0.3) is 5.91 Å². The van der Waals surface area contributed by atoms with Gasteiger partial charge in [-0.1, -0.05) is 36.4 Å². The van der Waals surface area contributed by atoms with Gasteiger partial charge in [-0.25, -0.2) is 0 Å². The summed E-state index contributed by atoms with van der Waals surface area (Å²) in [5.74, 6) is -0.172. The molecule has 1 amide bonds. The predicted octanol–water partition coefficient (Wildman–Crippen LogP) is 3.63. The van der Waals surface area contributed by atoms with Crippen molar-refractivity contribution in [2.24, 2.45) is 0 Å². The van der Waals surface area contributed by atoms with Gasteiger partial charge in [0, 0.05) is 23.8 Å². The molecule has 1 aliphatic heterocycles. The van der Waals surface area contributed by atoms with Crippen LogP contribution in [0.4, 0.5) is 5.69 Å². The maximum absolute atomic E-state index is 12.6. The molecule has 0 spiro atoms. The Morgan fingerprint density at radius 2 is 2.00 bits per heavy atom. The number of hydrogen-bond donors (Lipinski definition) is 2. The molecule has 1 atom stereocenters. The number of nitrogens with one attached hydrogen (secondary N) is 2. The molecule has 1 saturated heterocycles. The number of piperidine rings is 1. The number of anilines is 1. The van der Waals surface area contributed by atoms with Crippen LogP contribution >= 0.6 is 12.4 Å². The van der Waals surface area contributed by atoms with Crippen LogP contribution in [-0.2, 0) is 0 Å². The zero-order valence-electron chi connectivity index (χ0n) is 13.8. The highest BCUT2D eigenvalue weighted by molar-refractivity contribution is 6.08. The number of nitrogens with zero attached hydrogens (tertiary/aromatic N) is 2. The minimum Gasteiger partial charge on any atom is -0.320 e. The minimum atomic E-state index is -0.172. The van der Waals surface area contributed by atoms with E-state index in [1.807, 2.05) is 53.3 Å². The first-order valence-corrected chi connectivity index (χ1v) is 8.36. The van der Waals surface area contributed by atoms with Crippen LogP contribution in [0.2, 0.25) is 0 Å². The van der Waals surface area contributed by atoms with Crippen molar-refractivity contribution in [1.82, 2.24) is 15.1 Å². The summed E-state index contributed by atoms with van der Waals surface area (Å²) in [6.07, 6.45) is 4.14. The molecule has 1 aliphatic rings. The lowest BCUT2D eigenvalue weighted by molar-refractivity contribution is 0.102. The van der Waals surface area contributed by atoms with Crippen LogP contribution in [0.1, 0.15) is 29.4 Å². The number of amides is 1. The minimum absolute atomic E-state index is 0. The molecule has 0 radical (unpaired) electrons. The number of halogens is 1. The van der Waals surface area contributed by atoms with Crippen molar-refractivity contribution in [3.8, 4) is 0 Å². The third-order valence-corrected chi connectivity index (χ3v) is 4.52. The average Bonchev–Trinajstić information content (AvgIpc) is 3.13. The highest BCUT2D eigenvalue weighted by Gasteiger charge is 2.18. The van der Waals surface area contributed by atoms with Gasteiger partial charge in [0.1, 0.15) is 0 Å². The molecule has 0 aliphatic carbocycles. The highest BCUT2D eigenvalue weighted by atomic mass is 35.5. The van der Waals surface area contributed by atoms with Crippen molar-refractivity contribution >= 4 is 34.8 Å². The van der Waals surface area contributed by atoms with Crippen molar-refractivity contribution in [2.75, 3.05) is 18.4 Å². The summed E-state index contributed by atoms with van der Waals surface area (Å²) in [7, 11) is 0. The Balaban J connectivity index is 0.00000182. The zero-order valence-corrected chi connectivity index (χ0v) is 14.6.